The molecule has 1 rings (SSSR count). The van der Waals surface area contributed by atoms with Gasteiger partial charge in [0, 0.05) is 6.61 Å². The molecular formula is C17H24O. The summed E-state index contributed by atoms with van der Waals surface area (Å²) in [5, 5.41) is 0. The summed E-state index contributed by atoms with van der Waals surface area (Å²) in [6, 6.07) is 8.61. The van der Waals surface area contributed by atoms with Crippen molar-refractivity contribution in [1.29, 1.82) is 0 Å². The van der Waals surface area contributed by atoms with Crippen LogP contribution in [0.15, 0.2) is 42.5 Å². The van der Waals surface area contributed by atoms with E-state index in [1.807, 2.05) is 0 Å². The number of hydrogen-bond donors (Lipinski definition) is 0. The molecule has 0 spiro atoms. The molecule has 0 aliphatic carbocycles. The van der Waals surface area contributed by atoms with E-state index in [2.05, 4.69) is 63.3 Å². The van der Waals surface area contributed by atoms with E-state index in [1.165, 1.54) is 23.1 Å². The third kappa shape index (κ3) is 5.33. The van der Waals surface area contributed by atoms with E-state index in [1.54, 1.807) is 0 Å². The minimum Gasteiger partial charge on any atom is -0.377 e. The van der Waals surface area contributed by atoms with Crippen molar-refractivity contribution in [2.24, 2.45) is 0 Å². The van der Waals surface area contributed by atoms with Crippen LogP contribution in [0, 0.1) is 6.92 Å². The predicted octanol–water partition coefficient (Wildman–Crippen LogP) is 4.77. The quantitative estimate of drug-likeness (QED) is 0.496. The number of aryl methyl sites for hydroxylation is 1. The summed E-state index contributed by atoms with van der Waals surface area (Å²) in [6.45, 7) is 7.91. The maximum Gasteiger partial charge on any atom is 0.0650 e. The lowest BCUT2D eigenvalue weighted by atomic mass is 10.0. The second-order valence-corrected chi connectivity index (χ2v) is 4.44. The van der Waals surface area contributed by atoms with Crippen molar-refractivity contribution in [1.82, 2.24) is 0 Å². The van der Waals surface area contributed by atoms with Crippen LogP contribution < -0.4 is 0 Å². The van der Waals surface area contributed by atoms with Crippen molar-refractivity contribution in [3.63, 3.8) is 0 Å². The molecule has 0 N–H and O–H groups in total. The standard InChI is InChI=1S/C17H24O/c1-4-6-13-18-14-7-8-16(5-2)17-11-9-15(3)10-12-17/h5,7-12H,4,6,13-14H2,1-3H3/b8-7-,16-5+. The second kappa shape index (κ2) is 8.71. The zero-order chi connectivity index (χ0) is 13.2. The lowest BCUT2D eigenvalue weighted by molar-refractivity contribution is 0.159. The van der Waals surface area contributed by atoms with Crippen LogP contribution in [0.3, 0.4) is 0 Å². The van der Waals surface area contributed by atoms with E-state index in [0.717, 1.165) is 13.0 Å². The molecule has 0 saturated carbocycles. The molecule has 18 heavy (non-hydrogen) atoms. The monoisotopic (exact) mass is 244 g/mol. The molecule has 0 unspecified atom stereocenters. The average molecular weight is 244 g/mol. The molecule has 0 amide bonds. The highest BCUT2D eigenvalue weighted by atomic mass is 16.5. The van der Waals surface area contributed by atoms with Crippen LogP contribution in [0.5, 0.6) is 0 Å². The van der Waals surface area contributed by atoms with Gasteiger partial charge in [0.2, 0.25) is 0 Å². The van der Waals surface area contributed by atoms with Gasteiger partial charge >= 0.3 is 0 Å². The first-order valence-electron chi connectivity index (χ1n) is 6.75. The number of benzene rings is 1. The summed E-state index contributed by atoms with van der Waals surface area (Å²) in [5.74, 6) is 0. The van der Waals surface area contributed by atoms with Crippen molar-refractivity contribution in [3.8, 4) is 0 Å². The molecule has 0 saturated heterocycles. The van der Waals surface area contributed by atoms with Gasteiger partial charge in [-0.3, -0.25) is 0 Å². The van der Waals surface area contributed by atoms with Gasteiger partial charge < -0.3 is 4.74 Å². The zero-order valence-corrected chi connectivity index (χ0v) is 11.8. The van der Waals surface area contributed by atoms with E-state index in [0.29, 0.717) is 6.61 Å². The van der Waals surface area contributed by atoms with Gasteiger partial charge in [-0.05, 0) is 31.4 Å². The Hall–Kier alpha value is -1.34. The van der Waals surface area contributed by atoms with Crippen LogP contribution in [0.1, 0.15) is 37.8 Å². The van der Waals surface area contributed by atoms with Crippen LogP contribution in [0.4, 0.5) is 0 Å². The molecule has 0 fully saturated rings. The summed E-state index contributed by atoms with van der Waals surface area (Å²) >= 11 is 0. The Morgan fingerprint density at radius 2 is 1.94 bits per heavy atom. The SMILES string of the molecule is C/C=C(\C=C/COCCCC)c1ccc(C)cc1. The summed E-state index contributed by atoms with van der Waals surface area (Å²) < 4.78 is 5.51. The Labute approximate surface area is 111 Å². The van der Waals surface area contributed by atoms with Crippen LogP contribution in [0.25, 0.3) is 5.57 Å². The van der Waals surface area contributed by atoms with Gasteiger partial charge in [0.05, 0.1) is 6.61 Å². The number of hydrogen-bond acceptors (Lipinski definition) is 1. The molecule has 1 aromatic rings. The minimum absolute atomic E-state index is 0.698. The van der Waals surface area contributed by atoms with Crippen molar-refractivity contribution in [2.45, 2.75) is 33.6 Å². The Morgan fingerprint density at radius 1 is 1.22 bits per heavy atom. The predicted molar refractivity (Wildman–Crippen MR) is 79.7 cm³/mol. The molecule has 0 atom stereocenters. The first-order valence-corrected chi connectivity index (χ1v) is 6.75. The van der Waals surface area contributed by atoms with Crippen LogP contribution in [-0.4, -0.2) is 13.2 Å². The molecule has 0 aliphatic rings. The molecule has 0 heterocycles. The van der Waals surface area contributed by atoms with Crippen LogP contribution in [0.2, 0.25) is 0 Å². The molecule has 1 aromatic carbocycles. The lowest BCUT2D eigenvalue weighted by Gasteiger charge is -2.03. The first kappa shape index (κ1) is 14.7. The lowest BCUT2D eigenvalue weighted by Crippen LogP contribution is -1.93. The van der Waals surface area contributed by atoms with Gasteiger partial charge in [-0.15, -0.1) is 0 Å². The third-order valence-corrected chi connectivity index (χ3v) is 2.85. The molecule has 0 aromatic heterocycles. The van der Waals surface area contributed by atoms with E-state index >= 15 is 0 Å². The molecule has 0 bridgehead atoms. The van der Waals surface area contributed by atoms with E-state index in [4.69, 9.17) is 4.74 Å². The van der Waals surface area contributed by atoms with Gasteiger partial charge in [0.15, 0.2) is 0 Å². The Bertz CT molecular complexity index is 385. The normalized spacial score (nSPS) is 12.3. The number of unbranched alkanes of at least 4 members (excludes halogenated alkanes) is 1. The van der Waals surface area contributed by atoms with Crippen molar-refractivity contribution in [3.05, 3.63) is 53.6 Å². The average Bonchev–Trinajstić information content (AvgIpc) is 2.39. The number of ether oxygens (including phenoxy) is 1. The van der Waals surface area contributed by atoms with E-state index in [9.17, 15) is 0 Å². The van der Waals surface area contributed by atoms with Gasteiger partial charge in [0.1, 0.15) is 0 Å². The Kier molecular flexibility index (Phi) is 7.12. The largest absolute Gasteiger partial charge is 0.377 e. The number of allylic oxidation sites excluding steroid dienone is 3. The fourth-order valence-corrected chi connectivity index (χ4v) is 1.68. The van der Waals surface area contributed by atoms with Crippen molar-refractivity contribution >= 4 is 5.57 Å². The minimum atomic E-state index is 0.698. The Balaban J connectivity index is 2.47. The Morgan fingerprint density at radius 3 is 2.56 bits per heavy atom. The van der Waals surface area contributed by atoms with Gasteiger partial charge in [-0.2, -0.15) is 0 Å². The fraction of sp³-hybridized carbons (Fsp3) is 0.412. The first-order chi connectivity index (χ1) is 8.77. The maximum atomic E-state index is 5.51. The van der Waals surface area contributed by atoms with Crippen LogP contribution in [-0.2, 0) is 4.74 Å². The van der Waals surface area contributed by atoms with E-state index < -0.39 is 0 Å². The molecule has 0 aliphatic heterocycles. The van der Waals surface area contributed by atoms with E-state index in [-0.39, 0.29) is 0 Å². The van der Waals surface area contributed by atoms with Gasteiger partial charge in [0.25, 0.3) is 0 Å². The smallest absolute Gasteiger partial charge is 0.0650 e. The maximum absolute atomic E-state index is 5.51. The topological polar surface area (TPSA) is 9.23 Å². The second-order valence-electron chi connectivity index (χ2n) is 4.44. The van der Waals surface area contributed by atoms with Gasteiger partial charge in [-0.25, -0.2) is 0 Å². The summed E-state index contributed by atoms with van der Waals surface area (Å²) in [6.07, 6.45) is 8.68. The zero-order valence-electron chi connectivity index (χ0n) is 11.8. The summed E-state index contributed by atoms with van der Waals surface area (Å²) in [4.78, 5) is 0. The molecule has 0 radical (unpaired) electrons. The molecule has 1 heteroatoms. The molecule has 98 valence electrons. The van der Waals surface area contributed by atoms with Crippen molar-refractivity contribution in [2.75, 3.05) is 13.2 Å². The van der Waals surface area contributed by atoms with Crippen molar-refractivity contribution < 1.29 is 4.74 Å². The number of rotatable bonds is 7. The molecule has 1 nitrogen and oxygen atoms in total. The highest BCUT2D eigenvalue weighted by Gasteiger charge is 1.95. The summed E-state index contributed by atoms with van der Waals surface area (Å²) in [5.41, 5.74) is 3.79. The van der Waals surface area contributed by atoms with Gasteiger partial charge in [-0.1, -0.05) is 61.4 Å². The summed E-state index contributed by atoms with van der Waals surface area (Å²) in [7, 11) is 0. The molecular weight excluding hydrogens is 220 g/mol. The highest BCUT2D eigenvalue weighted by molar-refractivity contribution is 5.73. The fourth-order valence-electron chi connectivity index (χ4n) is 1.68. The highest BCUT2D eigenvalue weighted by Crippen LogP contribution is 2.16. The van der Waals surface area contributed by atoms with Crippen LogP contribution >= 0.6 is 0 Å². The third-order valence-electron chi connectivity index (χ3n) is 2.85.